The molecule has 0 saturated heterocycles. The van der Waals surface area contributed by atoms with Crippen LogP contribution in [0.1, 0.15) is 12.5 Å². The van der Waals surface area contributed by atoms with Crippen molar-refractivity contribution in [2.24, 2.45) is 7.05 Å². The van der Waals surface area contributed by atoms with Crippen molar-refractivity contribution >= 4 is 22.2 Å². The van der Waals surface area contributed by atoms with Gasteiger partial charge in [0, 0.05) is 37.4 Å². The summed E-state index contributed by atoms with van der Waals surface area (Å²) in [4.78, 5) is 9.03. The second-order valence-electron chi connectivity index (χ2n) is 7.40. The number of fused-ring (bicyclic) bond motifs is 2. The molecule has 0 radical (unpaired) electrons. The minimum Gasteiger partial charge on any atom is -0.380 e. The Morgan fingerprint density at radius 3 is 2.65 bits per heavy atom. The molecule has 0 fully saturated rings. The zero-order valence-electron chi connectivity index (χ0n) is 17.5. The van der Waals surface area contributed by atoms with Crippen LogP contribution >= 0.6 is 0 Å². The quantitative estimate of drug-likeness (QED) is 0.426. The number of halogens is 1. The Balaban J connectivity index is 1.72. The lowest BCUT2D eigenvalue weighted by atomic mass is 9.95. The molecular weight excluding hydrogens is 395 g/mol. The van der Waals surface area contributed by atoms with Crippen LogP contribution in [0.4, 0.5) is 4.39 Å². The molecule has 0 aliphatic carbocycles. The summed E-state index contributed by atoms with van der Waals surface area (Å²) in [5.41, 5.74) is 6.95. The van der Waals surface area contributed by atoms with E-state index in [1.807, 2.05) is 41.3 Å². The number of hydrogen-bond acceptors (Lipinski definition) is 5. The monoisotopic (exact) mass is 416 g/mol. The lowest BCUT2D eigenvalue weighted by molar-refractivity contribution is 0.186. The number of imidazole rings is 2. The number of nitrogens with zero attached hydrogens (tertiary/aromatic N) is 6. The van der Waals surface area contributed by atoms with Crippen molar-refractivity contribution in [2.45, 2.75) is 20.1 Å². The van der Waals surface area contributed by atoms with Gasteiger partial charge in [0.25, 0.3) is 0 Å². The van der Waals surface area contributed by atoms with Gasteiger partial charge in [-0.3, -0.25) is 0 Å². The van der Waals surface area contributed by atoms with E-state index in [9.17, 15) is 0 Å². The summed E-state index contributed by atoms with van der Waals surface area (Å²) in [7, 11) is 3.56. The molecule has 3 heterocycles. The van der Waals surface area contributed by atoms with Gasteiger partial charge in [0.2, 0.25) is 0 Å². The Kier molecular flexibility index (Phi) is 4.71. The zero-order valence-corrected chi connectivity index (χ0v) is 17.5. The number of ether oxygens (including phenoxy) is 1. The topological polar surface area (TPSA) is 70.7 Å². The highest BCUT2D eigenvalue weighted by Gasteiger charge is 2.18. The number of aryl methyl sites for hydroxylation is 2. The molecule has 0 amide bonds. The summed E-state index contributed by atoms with van der Waals surface area (Å²) in [5, 5.41) is 8.37. The predicted octanol–water partition coefficient (Wildman–Crippen LogP) is 4.35. The molecule has 31 heavy (non-hydrogen) atoms. The Hall–Kier alpha value is -3.65. The molecule has 7 nitrogen and oxygen atoms in total. The van der Waals surface area contributed by atoms with Gasteiger partial charge < -0.3 is 13.9 Å². The van der Waals surface area contributed by atoms with Crippen LogP contribution in [0.15, 0.2) is 49.2 Å². The van der Waals surface area contributed by atoms with Gasteiger partial charge in [-0.15, -0.1) is 5.10 Å². The SMILES string of the molecule is CCn1cnc2c(-c3ccc(F)c(-c4ccc5c(ncn5C)c4COC)c3)cnnc21. The molecule has 0 saturated carbocycles. The van der Waals surface area contributed by atoms with Gasteiger partial charge in [-0.05, 0) is 36.2 Å². The number of rotatable bonds is 5. The van der Waals surface area contributed by atoms with E-state index >= 15 is 4.39 Å². The summed E-state index contributed by atoms with van der Waals surface area (Å²) < 4.78 is 24.4. The lowest BCUT2D eigenvalue weighted by Gasteiger charge is -2.13. The highest BCUT2D eigenvalue weighted by molar-refractivity contribution is 5.92. The summed E-state index contributed by atoms with van der Waals surface area (Å²) in [6.07, 6.45) is 5.17. The summed E-state index contributed by atoms with van der Waals surface area (Å²) in [6.45, 7) is 3.10. The van der Waals surface area contributed by atoms with Crippen LogP contribution in [0.2, 0.25) is 0 Å². The first-order chi connectivity index (χ1) is 15.1. The normalized spacial score (nSPS) is 11.6. The van der Waals surface area contributed by atoms with Crippen LogP contribution in [-0.4, -0.2) is 36.4 Å². The van der Waals surface area contributed by atoms with Crippen molar-refractivity contribution in [2.75, 3.05) is 7.11 Å². The number of hydrogen-bond donors (Lipinski definition) is 0. The first kappa shape index (κ1) is 19.3. The molecule has 0 atom stereocenters. The molecule has 0 aliphatic heterocycles. The van der Waals surface area contributed by atoms with E-state index in [0.717, 1.165) is 45.3 Å². The molecule has 0 spiro atoms. The van der Waals surface area contributed by atoms with Crippen molar-refractivity contribution in [1.29, 1.82) is 0 Å². The average Bonchev–Trinajstić information content (AvgIpc) is 3.38. The maximum atomic E-state index is 15.1. The van der Waals surface area contributed by atoms with E-state index in [1.54, 1.807) is 32.0 Å². The Bertz CT molecular complexity index is 1420. The molecule has 5 aromatic rings. The van der Waals surface area contributed by atoms with Gasteiger partial charge in [-0.1, -0.05) is 12.1 Å². The summed E-state index contributed by atoms with van der Waals surface area (Å²) in [6, 6.07) is 8.94. The summed E-state index contributed by atoms with van der Waals surface area (Å²) >= 11 is 0. The Labute approximate surface area is 178 Å². The van der Waals surface area contributed by atoms with Crippen molar-refractivity contribution < 1.29 is 9.13 Å². The van der Waals surface area contributed by atoms with E-state index in [0.29, 0.717) is 17.8 Å². The van der Waals surface area contributed by atoms with E-state index in [-0.39, 0.29) is 5.82 Å². The summed E-state index contributed by atoms with van der Waals surface area (Å²) in [5.74, 6) is -0.311. The largest absolute Gasteiger partial charge is 0.380 e. The van der Waals surface area contributed by atoms with E-state index in [2.05, 4.69) is 20.2 Å². The number of benzene rings is 2. The minimum absolute atomic E-state index is 0.311. The van der Waals surface area contributed by atoms with E-state index < -0.39 is 0 Å². The van der Waals surface area contributed by atoms with Gasteiger partial charge in [-0.25, -0.2) is 14.4 Å². The molecule has 0 aliphatic rings. The average molecular weight is 416 g/mol. The number of aromatic nitrogens is 6. The van der Waals surface area contributed by atoms with Crippen LogP contribution in [0.3, 0.4) is 0 Å². The molecular formula is C23H21FN6O. The van der Waals surface area contributed by atoms with E-state index in [1.165, 1.54) is 6.07 Å². The first-order valence-corrected chi connectivity index (χ1v) is 10.0. The molecule has 0 bridgehead atoms. The van der Waals surface area contributed by atoms with Crippen LogP contribution < -0.4 is 0 Å². The lowest BCUT2D eigenvalue weighted by Crippen LogP contribution is -1.98. The van der Waals surface area contributed by atoms with Gasteiger partial charge in [0.15, 0.2) is 5.65 Å². The third-order valence-corrected chi connectivity index (χ3v) is 5.60. The van der Waals surface area contributed by atoms with Crippen molar-refractivity contribution in [3.8, 4) is 22.3 Å². The molecule has 0 unspecified atom stereocenters. The van der Waals surface area contributed by atoms with Gasteiger partial charge in [0.1, 0.15) is 11.3 Å². The second-order valence-corrected chi connectivity index (χ2v) is 7.40. The van der Waals surface area contributed by atoms with Crippen molar-refractivity contribution in [1.82, 2.24) is 29.3 Å². The molecule has 2 aromatic carbocycles. The second kappa shape index (κ2) is 7.55. The Morgan fingerprint density at radius 2 is 1.84 bits per heavy atom. The maximum absolute atomic E-state index is 15.1. The standard InChI is InChI=1S/C23H21FN6O/c1-4-30-13-26-22-17(10-27-28-23(22)30)14-5-7-19(24)16(9-14)15-6-8-20-21(18(15)11-31-3)25-12-29(20)2/h5-10,12-13H,4,11H2,1-3H3. The maximum Gasteiger partial charge on any atom is 0.183 e. The molecule has 0 N–H and O–H groups in total. The smallest absolute Gasteiger partial charge is 0.183 e. The van der Waals surface area contributed by atoms with Gasteiger partial charge >= 0.3 is 0 Å². The fraction of sp³-hybridized carbons (Fsp3) is 0.217. The molecule has 8 heteroatoms. The Morgan fingerprint density at radius 1 is 1.00 bits per heavy atom. The van der Waals surface area contributed by atoms with Crippen LogP contribution in [0.25, 0.3) is 44.5 Å². The van der Waals surface area contributed by atoms with E-state index in [4.69, 9.17) is 4.74 Å². The van der Waals surface area contributed by atoms with Crippen LogP contribution in [0.5, 0.6) is 0 Å². The van der Waals surface area contributed by atoms with Crippen LogP contribution in [-0.2, 0) is 24.9 Å². The molecule has 3 aromatic heterocycles. The highest BCUT2D eigenvalue weighted by atomic mass is 19.1. The fourth-order valence-corrected chi connectivity index (χ4v) is 4.02. The van der Waals surface area contributed by atoms with Gasteiger partial charge in [-0.2, -0.15) is 5.10 Å². The molecule has 5 rings (SSSR count). The highest BCUT2D eigenvalue weighted by Crippen LogP contribution is 2.35. The fourth-order valence-electron chi connectivity index (χ4n) is 4.02. The first-order valence-electron chi connectivity index (χ1n) is 10.0. The van der Waals surface area contributed by atoms with Crippen LogP contribution in [0, 0.1) is 5.82 Å². The zero-order chi connectivity index (χ0) is 21.5. The predicted molar refractivity (Wildman–Crippen MR) is 117 cm³/mol. The third kappa shape index (κ3) is 3.07. The third-order valence-electron chi connectivity index (χ3n) is 5.60. The van der Waals surface area contributed by atoms with Crippen molar-refractivity contribution in [3.05, 3.63) is 60.6 Å². The molecule has 156 valence electrons. The van der Waals surface area contributed by atoms with Gasteiger partial charge in [0.05, 0.1) is 36.5 Å². The van der Waals surface area contributed by atoms with Crippen molar-refractivity contribution in [3.63, 3.8) is 0 Å². The minimum atomic E-state index is -0.311. The number of methoxy groups -OCH3 is 1.